The molecule has 106 valence electrons. The summed E-state index contributed by atoms with van der Waals surface area (Å²) in [7, 11) is 2.04. The first-order valence-electron chi connectivity index (χ1n) is 7.08. The second-order valence-corrected chi connectivity index (χ2v) is 7.55. The minimum atomic E-state index is 0.330. The minimum Gasteiger partial charge on any atom is -0.313 e. The van der Waals surface area contributed by atoms with Crippen LogP contribution in [0.25, 0.3) is 0 Å². The molecule has 1 N–H and O–H groups in total. The Kier molecular flexibility index (Phi) is 3.52. The van der Waals surface area contributed by atoms with Gasteiger partial charge < -0.3 is 5.32 Å². The molecule has 1 nitrogen and oxygen atoms in total. The van der Waals surface area contributed by atoms with Crippen molar-refractivity contribution in [2.75, 3.05) is 7.05 Å². The maximum absolute atomic E-state index is 6.49. The predicted molar refractivity (Wildman–Crippen MR) is 83.8 cm³/mol. The van der Waals surface area contributed by atoms with E-state index in [-0.39, 0.29) is 0 Å². The number of hydrogen-bond donors (Lipinski definition) is 1. The van der Waals surface area contributed by atoms with Crippen molar-refractivity contribution in [3.05, 3.63) is 33.8 Å². The molecule has 0 aromatic heterocycles. The van der Waals surface area contributed by atoms with Crippen molar-refractivity contribution in [1.82, 2.24) is 5.32 Å². The summed E-state index contributed by atoms with van der Waals surface area (Å²) in [5, 5.41) is 4.38. The van der Waals surface area contributed by atoms with Crippen LogP contribution in [0.2, 0.25) is 5.02 Å². The lowest BCUT2D eigenvalue weighted by molar-refractivity contribution is 0.438. The average Bonchev–Trinajstić information content (AvgIpc) is 2.69. The van der Waals surface area contributed by atoms with Gasteiger partial charge in [-0.1, -0.05) is 45.4 Å². The number of benzene rings is 1. The van der Waals surface area contributed by atoms with E-state index in [1.54, 1.807) is 0 Å². The fraction of sp³-hybridized carbons (Fsp3) is 0.647. The summed E-state index contributed by atoms with van der Waals surface area (Å²) in [4.78, 5) is 0. The SMILES string of the molecule is CNC(c1cc(C)c(C)cc1Cl)C1C(C)(C)C1(C)C. The van der Waals surface area contributed by atoms with E-state index in [4.69, 9.17) is 11.6 Å². The predicted octanol–water partition coefficient (Wildman–Crippen LogP) is 4.90. The van der Waals surface area contributed by atoms with Crippen LogP contribution in [0, 0.1) is 30.6 Å². The van der Waals surface area contributed by atoms with Gasteiger partial charge in [-0.05, 0) is 60.4 Å². The number of aryl methyl sites for hydroxylation is 2. The molecule has 19 heavy (non-hydrogen) atoms. The quantitative estimate of drug-likeness (QED) is 0.830. The molecule has 0 radical (unpaired) electrons. The number of hydrogen-bond acceptors (Lipinski definition) is 1. The number of rotatable bonds is 3. The lowest BCUT2D eigenvalue weighted by atomic mass is 9.94. The largest absolute Gasteiger partial charge is 0.313 e. The van der Waals surface area contributed by atoms with Crippen LogP contribution in [-0.4, -0.2) is 7.05 Å². The fourth-order valence-corrected chi connectivity index (χ4v) is 3.96. The summed E-state index contributed by atoms with van der Waals surface area (Å²) in [6, 6.07) is 4.68. The summed E-state index contributed by atoms with van der Waals surface area (Å²) in [6.07, 6.45) is 0. The number of nitrogens with one attached hydrogen (secondary N) is 1. The van der Waals surface area contributed by atoms with Gasteiger partial charge in [0.25, 0.3) is 0 Å². The maximum Gasteiger partial charge on any atom is 0.0456 e. The van der Waals surface area contributed by atoms with E-state index in [1.807, 2.05) is 7.05 Å². The molecule has 0 saturated heterocycles. The van der Waals surface area contributed by atoms with Crippen LogP contribution in [0.1, 0.15) is 50.4 Å². The standard InChI is InChI=1S/C17H26ClN/c1-10-8-12(13(18)9-11(10)2)14(19-7)15-16(3,4)17(15,5)6/h8-9,14-15,19H,1-7H3. The Morgan fingerprint density at radius 2 is 1.53 bits per heavy atom. The van der Waals surface area contributed by atoms with E-state index in [0.29, 0.717) is 22.8 Å². The molecule has 2 heteroatoms. The second kappa shape index (κ2) is 4.49. The summed E-state index contributed by atoms with van der Waals surface area (Å²) in [5.74, 6) is 0.615. The maximum atomic E-state index is 6.49. The Balaban J connectivity index is 2.43. The van der Waals surface area contributed by atoms with E-state index in [1.165, 1.54) is 16.7 Å². The van der Waals surface area contributed by atoms with E-state index in [2.05, 4.69) is 59.0 Å². The lowest BCUT2D eigenvalue weighted by Gasteiger charge is -2.21. The Bertz CT molecular complexity index is 488. The minimum absolute atomic E-state index is 0.330. The van der Waals surface area contributed by atoms with Crippen molar-refractivity contribution in [3.63, 3.8) is 0 Å². The summed E-state index contributed by atoms with van der Waals surface area (Å²) in [5.41, 5.74) is 4.52. The van der Waals surface area contributed by atoms with Crippen molar-refractivity contribution in [3.8, 4) is 0 Å². The van der Waals surface area contributed by atoms with Gasteiger partial charge in [-0.25, -0.2) is 0 Å². The van der Waals surface area contributed by atoms with Crippen LogP contribution in [0.5, 0.6) is 0 Å². The van der Waals surface area contributed by atoms with Gasteiger partial charge in [0, 0.05) is 11.1 Å². The zero-order valence-electron chi connectivity index (χ0n) is 13.2. The summed E-state index contributed by atoms with van der Waals surface area (Å²) < 4.78 is 0. The van der Waals surface area contributed by atoms with Crippen molar-refractivity contribution in [2.45, 2.75) is 47.6 Å². The molecule has 1 aliphatic carbocycles. The van der Waals surface area contributed by atoms with Crippen molar-refractivity contribution in [1.29, 1.82) is 0 Å². The summed E-state index contributed by atoms with van der Waals surface area (Å²) in [6.45, 7) is 13.7. The van der Waals surface area contributed by atoms with Crippen LogP contribution < -0.4 is 5.32 Å². The Morgan fingerprint density at radius 3 is 1.95 bits per heavy atom. The molecule has 1 aliphatic rings. The zero-order valence-corrected chi connectivity index (χ0v) is 13.9. The highest BCUT2D eigenvalue weighted by atomic mass is 35.5. The van der Waals surface area contributed by atoms with Crippen LogP contribution in [0.4, 0.5) is 0 Å². The van der Waals surface area contributed by atoms with Gasteiger partial charge in [0.15, 0.2) is 0 Å². The molecule has 1 atom stereocenters. The van der Waals surface area contributed by atoms with Gasteiger partial charge in [-0.15, -0.1) is 0 Å². The third-order valence-corrected chi connectivity index (χ3v) is 6.05. The Hall–Kier alpha value is -0.530. The van der Waals surface area contributed by atoms with Gasteiger partial charge in [-0.2, -0.15) is 0 Å². The monoisotopic (exact) mass is 279 g/mol. The highest BCUT2D eigenvalue weighted by molar-refractivity contribution is 6.31. The molecule has 1 aromatic rings. The van der Waals surface area contributed by atoms with Gasteiger partial charge >= 0.3 is 0 Å². The molecule has 0 spiro atoms. The molecule has 1 unspecified atom stereocenters. The molecule has 0 amide bonds. The van der Waals surface area contributed by atoms with E-state index in [0.717, 1.165) is 5.02 Å². The molecule has 1 aromatic carbocycles. The van der Waals surface area contributed by atoms with Crippen LogP contribution >= 0.6 is 11.6 Å². The van der Waals surface area contributed by atoms with Crippen LogP contribution in [0.15, 0.2) is 12.1 Å². The van der Waals surface area contributed by atoms with Crippen LogP contribution in [0.3, 0.4) is 0 Å². The Labute approximate surface area is 122 Å². The smallest absolute Gasteiger partial charge is 0.0456 e. The third-order valence-electron chi connectivity index (χ3n) is 5.72. The highest BCUT2D eigenvalue weighted by Gasteiger charge is 2.67. The van der Waals surface area contributed by atoms with Gasteiger partial charge in [-0.3, -0.25) is 0 Å². The van der Waals surface area contributed by atoms with Gasteiger partial charge in [0.1, 0.15) is 0 Å². The molecule has 1 fully saturated rings. The van der Waals surface area contributed by atoms with Gasteiger partial charge in [0.2, 0.25) is 0 Å². The highest BCUT2D eigenvalue weighted by Crippen LogP contribution is 2.72. The molecule has 0 bridgehead atoms. The normalized spacial score (nSPS) is 22.3. The zero-order chi connectivity index (χ0) is 14.6. The van der Waals surface area contributed by atoms with E-state index >= 15 is 0 Å². The van der Waals surface area contributed by atoms with Crippen molar-refractivity contribution in [2.24, 2.45) is 16.7 Å². The molecular weight excluding hydrogens is 254 g/mol. The molecular formula is C17H26ClN. The third kappa shape index (κ3) is 2.11. The van der Waals surface area contributed by atoms with Gasteiger partial charge in [0.05, 0.1) is 0 Å². The van der Waals surface area contributed by atoms with E-state index in [9.17, 15) is 0 Å². The Morgan fingerprint density at radius 1 is 1.05 bits per heavy atom. The van der Waals surface area contributed by atoms with Crippen molar-refractivity contribution < 1.29 is 0 Å². The first-order chi connectivity index (χ1) is 8.64. The first kappa shape index (κ1) is 14.9. The first-order valence-corrected chi connectivity index (χ1v) is 7.46. The lowest BCUT2D eigenvalue weighted by Crippen LogP contribution is -2.22. The fourth-order valence-electron chi connectivity index (χ4n) is 3.62. The van der Waals surface area contributed by atoms with Crippen LogP contribution in [-0.2, 0) is 0 Å². The molecule has 2 rings (SSSR count). The average molecular weight is 280 g/mol. The topological polar surface area (TPSA) is 12.0 Å². The second-order valence-electron chi connectivity index (χ2n) is 7.15. The summed E-state index contributed by atoms with van der Waals surface area (Å²) >= 11 is 6.49. The molecule has 0 heterocycles. The van der Waals surface area contributed by atoms with E-state index < -0.39 is 0 Å². The number of halogens is 1. The molecule has 1 saturated carbocycles. The molecule has 0 aliphatic heterocycles. The van der Waals surface area contributed by atoms with Crippen molar-refractivity contribution >= 4 is 11.6 Å².